The maximum atomic E-state index is 3.61. The summed E-state index contributed by atoms with van der Waals surface area (Å²) in [7, 11) is 0. The second-order valence-electron chi connectivity index (χ2n) is 6.15. The molecule has 0 amide bonds. The normalized spacial score (nSPS) is 15.7. The predicted octanol–water partition coefficient (Wildman–Crippen LogP) is 5.98. The van der Waals surface area contributed by atoms with Gasteiger partial charge in [-0.15, -0.1) is 0 Å². The Bertz CT molecular complexity index is 723. The van der Waals surface area contributed by atoms with Gasteiger partial charge in [-0.2, -0.15) is 0 Å². The molecule has 0 spiro atoms. The maximum absolute atomic E-state index is 3.61. The van der Waals surface area contributed by atoms with Crippen molar-refractivity contribution < 1.29 is 0 Å². The minimum Gasteiger partial charge on any atom is -0.378 e. The molecule has 0 saturated heterocycles. The first-order chi connectivity index (χ1) is 10.6. The third-order valence-corrected chi connectivity index (χ3v) is 4.30. The number of para-hydroxylation sites is 1. The van der Waals surface area contributed by atoms with Gasteiger partial charge < -0.3 is 5.32 Å². The van der Waals surface area contributed by atoms with Crippen LogP contribution in [0.25, 0.3) is 5.57 Å². The van der Waals surface area contributed by atoms with Gasteiger partial charge in [0, 0.05) is 11.7 Å². The number of allylic oxidation sites excluding steroid dienone is 4. The second-order valence-corrected chi connectivity index (χ2v) is 6.15. The van der Waals surface area contributed by atoms with E-state index in [1.54, 1.807) is 0 Å². The molecule has 1 N–H and O–H groups in total. The quantitative estimate of drug-likeness (QED) is 0.729. The third kappa shape index (κ3) is 2.99. The molecule has 3 rings (SSSR count). The molecule has 0 heterocycles. The van der Waals surface area contributed by atoms with Gasteiger partial charge in [0.1, 0.15) is 0 Å². The molecule has 0 aromatic heterocycles. The molecule has 1 unspecified atom stereocenters. The molecular formula is C21H23N. The molecule has 1 nitrogen and oxygen atoms in total. The summed E-state index contributed by atoms with van der Waals surface area (Å²) >= 11 is 0. The molecule has 0 radical (unpaired) electrons. The molecule has 1 aliphatic carbocycles. The van der Waals surface area contributed by atoms with Crippen molar-refractivity contribution in [2.24, 2.45) is 0 Å². The van der Waals surface area contributed by atoms with E-state index in [1.165, 1.54) is 27.8 Å². The number of rotatable bonds is 4. The van der Waals surface area contributed by atoms with Crippen LogP contribution in [0.15, 0.2) is 71.8 Å². The van der Waals surface area contributed by atoms with Crippen molar-refractivity contribution >= 4 is 11.3 Å². The number of benzene rings is 2. The lowest BCUT2D eigenvalue weighted by atomic mass is 9.92. The summed E-state index contributed by atoms with van der Waals surface area (Å²) in [6.07, 6.45) is 3.38. The lowest BCUT2D eigenvalue weighted by Crippen LogP contribution is -2.09. The van der Waals surface area contributed by atoms with Crippen LogP contribution >= 0.6 is 0 Å². The van der Waals surface area contributed by atoms with Crippen LogP contribution in [0.4, 0.5) is 5.69 Å². The highest BCUT2D eigenvalue weighted by Gasteiger charge is 2.17. The predicted molar refractivity (Wildman–Crippen MR) is 95.9 cm³/mol. The number of hydrogen-bond donors (Lipinski definition) is 1. The molecule has 0 bridgehead atoms. The van der Waals surface area contributed by atoms with Crippen molar-refractivity contribution in [2.45, 2.75) is 33.2 Å². The van der Waals surface area contributed by atoms with Crippen LogP contribution in [0.2, 0.25) is 0 Å². The summed E-state index contributed by atoms with van der Waals surface area (Å²) in [5.41, 5.74) is 8.22. The van der Waals surface area contributed by atoms with Crippen LogP contribution < -0.4 is 5.32 Å². The lowest BCUT2D eigenvalue weighted by Gasteiger charge is -2.20. The standard InChI is InChI=1S/C21H23N/c1-15-13-16(2)21(14-15)20-12-8-7-11-19(20)17(3)22-18-9-5-4-6-10-18/h4-13,17,22H,14H2,1-3H3. The zero-order chi connectivity index (χ0) is 15.5. The van der Waals surface area contributed by atoms with Crippen molar-refractivity contribution in [1.29, 1.82) is 0 Å². The number of anilines is 1. The molecule has 112 valence electrons. The molecule has 2 aromatic carbocycles. The van der Waals surface area contributed by atoms with Crippen LogP contribution in [0, 0.1) is 0 Å². The summed E-state index contributed by atoms with van der Waals surface area (Å²) < 4.78 is 0. The monoisotopic (exact) mass is 289 g/mol. The Kier molecular flexibility index (Phi) is 4.15. The minimum atomic E-state index is 0.278. The largest absolute Gasteiger partial charge is 0.378 e. The summed E-state index contributed by atoms with van der Waals surface area (Å²) in [4.78, 5) is 0. The van der Waals surface area contributed by atoms with Gasteiger partial charge in [-0.1, -0.05) is 54.1 Å². The molecule has 1 atom stereocenters. The maximum Gasteiger partial charge on any atom is 0.0491 e. The Hall–Kier alpha value is -2.28. The van der Waals surface area contributed by atoms with E-state index < -0.39 is 0 Å². The van der Waals surface area contributed by atoms with Crippen molar-refractivity contribution in [2.75, 3.05) is 5.32 Å². The van der Waals surface area contributed by atoms with E-state index in [9.17, 15) is 0 Å². The van der Waals surface area contributed by atoms with Crippen LogP contribution in [-0.2, 0) is 0 Å². The number of hydrogen-bond acceptors (Lipinski definition) is 1. The first-order valence-corrected chi connectivity index (χ1v) is 7.93. The van der Waals surface area contributed by atoms with Gasteiger partial charge >= 0.3 is 0 Å². The van der Waals surface area contributed by atoms with E-state index in [-0.39, 0.29) is 6.04 Å². The zero-order valence-corrected chi connectivity index (χ0v) is 13.6. The average Bonchev–Trinajstić information content (AvgIpc) is 2.87. The molecular weight excluding hydrogens is 266 g/mol. The zero-order valence-electron chi connectivity index (χ0n) is 13.6. The highest BCUT2D eigenvalue weighted by atomic mass is 14.9. The average molecular weight is 289 g/mol. The van der Waals surface area contributed by atoms with E-state index in [0.29, 0.717) is 0 Å². The fraction of sp³-hybridized carbons (Fsp3) is 0.238. The van der Waals surface area contributed by atoms with Crippen LogP contribution in [0.5, 0.6) is 0 Å². The van der Waals surface area contributed by atoms with E-state index in [0.717, 1.165) is 12.1 Å². The molecule has 0 aliphatic heterocycles. The van der Waals surface area contributed by atoms with Crippen molar-refractivity contribution in [3.8, 4) is 0 Å². The smallest absolute Gasteiger partial charge is 0.0491 e. The molecule has 0 fully saturated rings. The van der Waals surface area contributed by atoms with Gasteiger partial charge in [0.15, 0.2) is 0 Å². The summed E-state index contributed by atoms with van der Waals surface area (Å²) in [5.74, 6) is 0. The third-order valence-electron chi connectivity index (χ3n) is 4.30. The van der Waals surface area contributed by atoms with E-state index in [4.69, 9.17) is 0 Å². The summed E-state index contributed by atoms with van der Waals surface area (Å²) in [5, 5.41) is 3.61. The fourth-order valence-electron chi connectivity index (χ4n) is 3.25. The summed E-state index contributed by atoms with van der Waals surface area (Å²) in [6, 6.07) is 19.5. The second kappa shape index (κ2) is 6.23. The Labute approximate surface area is 133 Å². The first kappa shape index (κ1) is 14.6. The van der Waals surface area contributed by atoms with Gasteiger partial charge in [-0.25, -0.2) is 0 Å². The Morgan fingerprint density at radius 2 is 1.59 bits per heavy atom. The van der Waals surface area contributed by atoms with E-state index in [2.05, 4.69) is 80.7 Å². The lowest BCUT2D eigenvalue weighted by molar-refractivity contribution is 0.879. The Morgan fingerprint density at radius 1 is 0.909 bits per heavy atom. The van der Waals surface area contributed by atoms with Crippen LogP contribution in [0.3, 0.4) is 0 Å². The van der Waals surface area contributed by atoms with E-state index >= 15 is 0 Å². The van der Waals surface area contributed by atoms with Crippen molar-refractivity contribution in [3.63, 3.8) is 0 Å². The Morgan fingerprint density at radius 3 is 2.27 bits per heavy atom. The van der Waals surface area contributed by atoms with Crippen molar-refractivity contribution in [1.82, 2.24) is 0 Å². The van der Waals surface area contributed by atoms with Crippen molar-refractivity contribution in [3.05, 3.63) is 82.9 Å². The molecule has 22 heavy (non-hydrogen) atoms. The van der Waals surface area contributed by atoms with Crippen LogP contribution in [-0.4, -0.2) is 0 Å². The van der Waals surface area contributed by atoms with Gasteiger partial charge in [-0.05, 0) is 61.6 Å². The first-order valence-electron chi connectivity index (χ1n) is 7.93. The van der Waals surface area contributed by atoms with E-state index in [1.807, 2.05) is 6.07 Å². The minimum absolute atomic E-state index is 0.278. The molecule has 1 heteroatoms. The van der Waals surface area contributed by atoms with Gasteiger partial charge in [0.25, 0.3) is 0 Å². The fourth-order valence-corrected chi connectivity index (χ4v) is 3.25. The molecule has 1 aliphatic rings. The van der Waals surface area contributed by atoms with Gasteiger partial charge in [-0.3, -0.25) is 0 Å². The highest BCUT2D eigenvalue weighted by molar-refractivity contribution is 5.78. The van der Waals surface area contributed by atoms with Gasteiger partial charge in [0.05, 0.1) is 0 Å². The topological polar surface area (TPSA) is 12.0 Å². The highest BCUT2D eigenvalue weighted by Crippen LogP contribution is 2.36. The SMILES string of the molecule is CC1=CC(C)=C(c2ccccc2C(C)Nc2ccccc2)C1. The molecule has 0 saturated carbocycles. The Balaban J connectivity index is 1.90. The number of nitrogens with one attached hydrogen (secondary N) is 1. The molecule has 2 aromatic rings. The van der Waals surface area contributed by atoms with Gasteiger partial charge in [0.2, 0.25) is 0 Å². The summed E-state index contributed by atoms with van der Waals surface area (Å²) in [6.45, 7) is 6.67. The van der Waals surface area contributed by atoms with Crippen LogP contribution in [0.1, 0.15) is 44.4 Å².